The number of amides is 1. The van der Waals surface area contributed by atoms with E-state index < -0.39 is 11.9 Å². The minimum Gasteiger partial charge on any atom is -0.481 e. The van der Waals surface area contributed by atoms with Gasteiger partial charge in [-0.25, -0.2) is 9.97 Å². The van der Waals surface area contributed by atoms with E-state index in [-0.39, 0.29) is 12.3 Å². The highest BCUT2D eigenvalue weighted by molar-refractivity contribution is 5.95. The van der Waals surface area contributed by atoms with Gasteiger partial charge in [0.05, 0.1) is 18.0 Å². The number of carbonyl (C=O) groups excluding carboxylic acids is 1. The van der Waals surface area contributed by atoms with Gasteiger partial charge in [0, 0.05) is 17.4 Å². The van der Waals surface area contributed by atoms with Crippen molar-refractivity contribution in [2.24, 2.45) is 5.92 Å². The van der Waals surface area contributed by atoms with Crippen molar-refractivity contribution >= 4 is 17.6 Å². The van der Waals surface area contributed by atoms with Gasteiger partial charge in [-0.15, -0.1) is 6.58 Å². The number of nitrogens with zero attached hydrogens (tertiary/aromatic N) is 2. The molecule has 124 valence electrons. The smallest absolute Gasteiger partial charge is 0.304 e. The summed E-state index contributed by atoms with van der Waals surface area (Å²) in [5.41, 5.74) is 2.19. The van der Waals surface area contributed by atoms with Crippen molar-refractivity contribution < 1.29 is 14.7 Å². The third-order valence-electron chi connectivity index (χ3n) is 3.44. The molecule has 1 amide bonds. The summed E-state index contributed by atoms with van der Waals surface area (Å²) in [6, 6.07) is 9.03. The molecule has 6 nitrogen and oxygen atoms in total. The van der Waals surface area contributed by atoms with Gasteiger partial charge in [-0.2, -0.15) is 0 Å². The molecule has 2 N–H and O–H groups in total. The molecular formula is C18H19N3O3. The van der Waals surface area contributed by atoms with Gasteiger partial charge in [-0.1, -0.05) is 18.2 Å². The fraction of sp³-hybridized carbons (Fsp3) is 0.222. The van der Waals surface area contributed by atoms with Crippen molar-refractivity contribution in [2.75, 3.05) is 5.32 Å². The van der Waals surface area contributed by atoms with Gasteiger partial charge in [0.1, 0.15) is 5.82 Å². The largest absolute Gasteiger partial charge is 0.481 e. The van der Waals surface area contributed by atoms with Gasteiger partial charge in [0.15, 0.2) is 0 Å². The first-order chi connectivity index (χ1) is 11.5. The van der Waals surface area contributed by atoms with Crippen LogP contribution in [-0.2, 0) is 9.59 Å². The summed E-state index contributed by atoms with van der Waals surface area (Å²) < 4.78 is 0. The second-order valence-corrected chi connectivity index (χ2v) is 5.38. The number of hydrogen-bond donors (Lipinski definition) is 2. The molecule has 0 aliphatic carbocycles. The summed E-state index contributed by atoms with van der Waals surface area (Å²) in [7, 11) is 0. The van der Waals surface area contributed by atoms with Gasteiger partial charge in [0.2, 0.25) is 5.91 Å². The number of carboxylic acids is 1. The summed E-state index contributed by atoms with van der Waals surface area (Å²) in [6.07, 6.45) is 3.30. The third kappa shape index (κ3) is 4.74. The lowest BCUT2D eigenvalue weighted by Gasteiger charge is -2.14. The molecular weight excluding hydrogens is 306 g/mol. The number of nitrogens with one attached hydrogen (secondary N) is 1. The number of allylic oxidation sites excluding steroid dienone is 1. The molecule has 1 unspecified atom stereocenters. The Morgan fingerprint density at radius 2 is 2.17 bits per heavy atom. The highest BCUT2D eigenvalue weighted by Gasteiger charge is 2.20. The van der Waals surface area contributed by atoms with E-state index in [9.17, 15) is 9.59 Å². The number of aliphatic carboxylic acids is 1. The van der Waals surface area contributed by atoms with Gasteiger partial charge in [-0.05, 0) is 31.5 Å². The van der Waals surface area contributed by atoms with Gasteiger partial charge in [-0.3, -0.25) is 9.59 Å². The van der Waals surface area contributed by atoms with Crippen LogP contribution >= 0.6 is 0 Å². The fourth-order valence-electron chi connectivity index (χ4n) is 2.31. The number of aryl methyl sites for hydroxylation is 1. The maximum absolute atomic E-state index is 12.3. The van der Waals surface area contributed by atoms with Crippen LogP contribution in [0.2, 0.25) is 0 Å². The average molecular weight is 325 g/mol. The molecule has 0 spiro atoms. The van der Waals surface area contributed by atoms with Gasteiger partial charge in [0.25, 0.3) is 0 Å². The van der Waals surface area contributed by atoms with E-state index in [1.165, 1.54) is 0 Å². The SMILES string of the molecule is C=CCC(CC(=O)O)C(=O)Nc1cccc(-c2ccnc(C)n2)c1. The van der Waals surface area contributed by atoms with Crippen molar-refractivity contribution in [3.63, 3.8) is 0 Å². The Balaban J connectivity index is 2.17. The standard InChI is InChI=1S/C18H19N3O3/c1-3-5-14(11-17(22)23)18(24)21-15-7-4-6-13(10-15)16-8-9-19-12(2)20-16/h3-4,6-10,14H,1,5,11H2,2H3,(H,21,24)(H,22,23). The molecule has 0 bridgehead atoms. The fourth-order valence-corrected chi connectivity index (χ4v) is 2.31. The van der Waals surface area contributed by atoms with Crippen LogP contribution in [0.3, 0.4) is 0 Å². The van der Waals surface area contributed by atoms with Crippen LogP contribution in [0.4, 0.5) is 5.69 Å². The van der Waals surface area contributed by atoms with E-state index in [2.05, 4.69) is 21.9 Å². The summed E-state index contributed by atoms with van der Waals surface area (Å²) in [5, 5.41) is 11.7. The Labute approximate surface area is 140 Å². The van der Waals surface area contributed by atoms with Crippen LogP contribution in [0.15, 0.2) is 49.2 Å². The molecule has 24 heavy (non-hydrogen) atoms. The number of anilines is 1. The van der Waals surface area contributed by atoms with Crippen LogP contribution in [0, 0.1) is 12.8 Å². The molecule has 1 aromatic carbocycles. The minimum absolute atomic E-state index is 0.233. The first kappa shape index (κ1) is 17.3. The van der Waals surface area contributed by atoms with Crippen molar-refractivity contribution in [2.45, 2.75) is 19.8 Å². The normalized spacial score (nSPS) is 11.5. The van der Waals surface area contributed by atoms with E-state index >= 15 is 0 Å². The zero-order valence-electron chi connectivity index (χ0n) is 13.4. The molecule has 0 saturated heterocycles. The maximum atomic E-state index is 12.3. The molecule has 2 aromatic rings. The van der Waals surface area contributed by atoms with E-state index in [4.69, 9.17) is 5.11 Å². The molecule has 0 fully saturated rings. The Hall–Kier alpha value is -3.02. The summed E-state index contributed by atoms with van der Waals surface area (Å²) in [5.74, 6) is -1.34. The predicted octanol–water partition coefficient (Wildman–Crippen LogP) is 3.06. The Morgan fingerprint density at radius 1 is 1.38 bits per heavy atom. The lowest BCUT2D eigenvalue weighted by Crippen LogP contribution is -2.24. The average Bonchev–Trinajstić information content (AvgIpc) is 2.54. The number of carboxylic acid groups (broad SMARTS) is 1. The van der Waals surface area contributed by atoms with Gasteiger partial charge >= 0.3 is 5.97 Å². The number of carbonyl (C=O) groups is 2. The second-order valence-electron chi connectivity index (χ2n) is 5.38. The monoisotopic (exact) mass is 325 g/mol. The molecule has 1 atom stereocenters. The number of benzene rings is 1. The minimum atomic E-state index is -1.01. The summed E-state index contributed by atoms with van der Waals surface area (Å²) >= 11 is 0. The molecule has 6 heteroatoms. The molecule has 0 radical (unpaired) electrons. The van der Waals surface area contributed by atoms with Crippen LogP contribution < -0.4 is 5.32 Å². The topological polar surface area (TPSA) is 92.2 Å². The van der Waals surface area contributed by atoms with Crippen molar-refractivity contribution in [1.82, 2.24) is 9.97 Å². The van der Waals surface area contributed by atoms with E-state index in [0.29, 0.717) is 17.9 Å². The number of aromatic nitrogens is 2. The molecule has 0 saturated carbocycles. The Morgan fingerprint density at radius 3 is 2.83 bits per heavy atom. The zero-order valence-corrected chi connectivity index (χ0v) is 13.4. The Bertz CT molecular complexity index is 759. The van der Waals surface area contributed by atoms with E-state index in [0.717, 1.165) is 11.3 Å². The van der Waals surface area contributed by atoms with Crippen LogP contribution in [0.1, 0.15) is 18.7 Å². The van der Waals surface area contributed by atoms with Crippen LogP contribution in [0.25, 0.3) is 11.3 Å². The molecule has 0 aliphatic rings. The quantitative estimate of drug-likeness (QED) is 0.763. The maximum Gasteiger partial charge on any atom is 0.304 e. The van der Waals surface area contributed by atoms with Crippen molar-refractivity contribution in [3.8, 4) is 11.3 Å². The first-order valence-corrected chi connectivity index (χ1v) is 7.53. The van der Waals surface area contributed by atoms with Gasteiger partial charge < -0.3 is 10.4 Å². The lowest BCUT2D eigenvalue weighted by molar-refractivity contribution is -0.140. The molecule has 2 rings (SSSR count). The van der Waals surface area contributed by atoms with E-state index in [1.807, 2.05) is 12.1 Å². The van der Waals surface area contributed by atoms with Crippen LogP contribution in [-0.4, -0.2) is 27.0 Å². The van der Waals surface area contributed by atoms with Crippen molar-refractivity contribution in [3.05, 3.63) is 55.0 Å². The number of hydrogen-bond acceptors (Lipinski definition) is 4. The van der Waals surface area contributed by atoms with Crippen LogP contribution in [0.5, 0.6) is 0 Å². The lowest BCUT2D eigenvalue weighted by atomic mass is 10.00. The molecule has 1 heterocycles. The second kappa shape index (κ2) is 8.01. The summed E-state index contributed by atoms with van der Waals surface area (Å²) in [6.45, 7) is 5.38. The third-order valence-corrected chi connectivity index (χ3v) is 3.44. The number of rotatable bonds is 7. The van der Waals surface area contributed by atoms with E-state index in [1.54, 1.807) is 37.4 Å². The highest BCUT2D eigenvalue weighted by Crippen LogP contribution is 2.22. The zero-order chi connectivity index (χ0) is 17.5. The Kier molecular flexibility index (Phi) is 5.78. The van der Waals surface area contributed by atoms with Crippen molar-refractivity contribution in [1.29, 1.82) is 0 Å². The molecule has 0 aliphatic heterocycles. The molecule has 1 aromatic heterocycles. The predicted molar refractivity (Wildman–Crippen MR) is 91.4 cm³/mol. The highest BCUT2D eigenvalue weighted by atomic mass is 16.4. The first-order valence-electron chi connectivity index (χ1n) is 7.53. The summed E-state index contributed by atoms with van der Waals surface area (Å²) in [4.78, 5) is 31.6.